The molecule has 2 N–H and O–H groups in total. The fraction of sp³-hybridized carbons (Fsp3) is 0.308. The van der Waals surface area contributed by atoms with Crippen molar-refractivity contribution in [1.29, 1.82) is 0 Å². The first kappa shape index (κ1) is 26.8. The van der Waals surface area contributed by atoms with Gasteiger partial charge >= 0.3 is 0 Å². The molecule has 4 rings (SSSR count). The molecule has 4 aromatic rings. The highest BCUT2D eigenvalue weighted by molar-refractivity contribution is 7.92. The van der Waals surface area contributed by atoms with Gasteiger partial charge in [-0.25, -0.2) is 18.4 Å². The van der Waals surface area contributed by atoms with Crippen LogP contribution in [-0.4, -0.2) is 40.2 Å². The normalized spacial score (nSPS) is 13.1. The van der Waals surface area contributed by atoms with Crippen LogP contribution in [0.5, 0.6) is 5.75 Å². The molecule has 3 aromatic heterocycles. The Bertz CT molecular complexity index is 1540. The highest BCUT2D eigenvalue weighted by Crippen LogP contribution is 2.36. The molecule has 0 spiro atoms. The third kappa shape index (κ3) is 5.56. The number of aromatic nitrogens is 3. The molecule has 0 aliphatic rings. The number of hydrogen-bond donors (Lipinski definition) is 1. The van der Waals surface area contributed by atoms with Crippen molar-refractivity contribution < 1.29 is 22.3 Å². The van der Waals surface area contributed by atoms with Crippen molar-refractivity contribution >= 4 is 32.9 Å². The van der Waals surface area contributed by atoms with Crippen LogP contribution in [0.15, 0.2) is 59.8 Å². The molecule has 3 heterocycles. The second-order valence-electron chi connectivity index (χ2n) is 9.60. The number of nitrogens with zero attached hydrogens (tertiary/aromatic N) is 3. The molecule has 0 saturated carbocycles. The van der Waals surface area contributed by atoms with Gasteiger partial charge in [0.05, 0.1) is 39.9 Å². The summed E-state index contributed by atoms with van der Waals surface area (Å²) in [6, 6.07) is 12.5. The monoisotopic (exact) mass is 546 g/mol. The van der Waals surface area contributed by atoms with E-state index in [0.29, 0.717) is 12.3 Å². The lowest BCUT2D eigenvalue weighted by atomic mass is 10.2. The highest BCUT2D eigenvalue weighted by Gasteiger charge is 2.35. The molecular formula is C26H28ClFN4O4S. The topological polar surface area (TPSA) is 109 Å². The molecule has 0 aliphatic carbocycles. The number of ether oxygens (including phenoxy) is 2. The number of pyridine rings is 2. The van der Waals surface area contributed by atoms with E-state index >= 15 is 0 Å². The Morgan fingerprint density at radius 1 is 1.19 bits per heavy atom. The third-order valence-electron chi connectivity index (χ3n) is 5.75. The lowest BCUT2D eigenvalue weighted by Crippen LogP contribution is -2.29. The molecule has 37 heavy (non-hydrogen) atoms. The van der Waals surface area contributed by atoms with Gasteiger partial charge < -0.3 is 15.2 Å². The van der Waals surface area contributed by atoms with E-state index in [0.717, 1.165) is 5.56 Å². The number of rotatable bonds is 8. The number of imidazole rings is 1. The van der Waals surface area contributed by atoms with Gasteiger partial charge in [-0.15, -0.1) is 0 Å². The van der Waals surface area contributed by atoms with Gasteiger partial charge in [0.1, 0.15) is 28.7 Å². The van der Waals surface area contributed by atoms with Gasteiger partial charge in [0.15, 0.2) is 9.84 Å². The van der Waals surface area contributed by atoms with Crippen molar-refractivity contribution in [3.8, 4) is 17.0 Å². The second-order valence-corrected chi connectivity index (χ2v) is 12.7. The molecule has 0 bridgehead atoms. The summed E-state index contributed by atoms with van der Waals surface area (Å²) in [7, 11) is -3.87. The van der Waals surface area contributed by atoms with E-state index in [-0.39, 0.29) is 45.5 Å². The molecule has 0 fully saturated rings. The van der Waals surface area contributed by atoms with Crippen LogP contribution >= 0.6 is 11.6 Å². The molecule has 1 aromatic carbocycles. The van der Waals surface area contributed by atoms with Gasteiger partial charge in [0.2, 0.25) is 5.95 Å². The Kier molecular flexibility index (Phi) is 7.45. The van der Waals surface area contributed by atoms with Crippen molar-refractivity contribution in [3.05, 3.63) is 71.4 Å². The summed E-state index contributed by atoms with van der Waals surface area (Å²) in [4.78, 5) is 7.90. The van der Waals surface area contributed by atoms with Gasteiger partial charge in [-0.2, -0.15) is 4.39 Å². The summed E-state index contributed by atoms with van der Waals surface area (Å²) in [5, 5.41) is 0.0679. The zero-order chi connectivity index (χ0) is 27.0. The van der Waals surface area contributed by atoms with E-state index in [1.54, 1.807) is 20.8 Å². The number of benzene rings is 1. The summed E-state index contributed by atoms with van der Waals surface area (Å²) >= 11 is 6.07. The van der Waals surface area contributed by atoms with Crippen LogP contribution in [0.25, 0.3) is 16.9 Å². The van der Waals surface area contributed by atoms with Crippen LogP contribution in [0.4, 0.5) is 10.2 Å². The van der Waals surface area contributed by atoms with Gasteiger partial charge in [-0.05, 0) is 39.3 Å². The first-order valence-corrected chi connectivity index (χ1v) is 13.4. The smallest absolute Gasteiger partial charge is 0.224 e. The average Bonchev–Trinajstić information content (AvgIpc) is 3.25. The van der Waals surface area contributed by atoms with Crippen LogP contribution in [0.2, 0.25) is 5.02 Å². The quantitative estimate of drug-likeness (QED) is 0.298. The highest BCUT2D eigenvalue weighted by atomic mass is 35.5. The number of hydrogen-bond acceptors (Lipinski definition) is 7. The number of anilines is 1. The zero-order valence-electron chi connectivity index (χ0n) is 20.9. The first-order valence-electron chi connectivity index (χ1n) is 11.5. The van der Waals surface area contributed by atoms with Gasteiger partial charge in [0.25, 0.3) is 0 Å². The Labute approximate surface area is 220 Å². The van der Waals surface area contributed by atoms with E-state index in [9.17, 15) is 12.8 Å². The predicted octanol–water partition coefficient (Wildman–Crippen LogP) is 5.33. The van der Waals surface area contributed by atoms with E-state index in [2.05, 4.69) is 9.97 Å². The Morgan fingerprint density at radius 2 is 1.89 bits per heavy atom. The van der Waals surface area contributed by atoms with E-state index in [1.807, 2.05) is 37.3 Å². The largest absolute Gasteiger partial charge is 0.489 e. The molecule has 8 nitrogen and oxygen atoms in total. The zero-order valence-corrected chi connectivity index (χ0v) is 22.5. The van der Waals surface area contributed by atoms with Gasteiger partial charge in [-0.3, -0.25) is 4.40 Å². The van der Waals surface area contributed by atoms with Crippen molar-refractivity contribution in [3.63, 3.8) is 0 Å². The molecule has 0 amide bonds. The molecule has 11 heteroatoms. The van der Waals surface area contributed by atoms with Crippen LogP contribution in [0.1, 0.15) is 33.3 Å². The summed E-state index contributed by atoms with van der Waals surface area (Å²) in [5.74, 6) is -0.871. The number of halogens is 2. The minimum absolute atomic E-state index is 0.0300. The third-order valence-corrected chi connectivity index (χ3v) is 8.55. The van der Waals surface area contributed by atoms with E-state index in [1.165, 1.54) is 28.9 Å². The summed E-state index contributed by atoms with van der Waals surface area (Å²) in [6.45, 7) is 7.13. The first-order chi connectivity index (χ1) is 17.4. The van der Waals surface area contributed by atoms with E-state index in [4.69, 9.17) is 26.8 Å². The molecular weight excluding hydrogens is 519 g/mol. The molecule has 0 radical (unpaired) electrons. The molecule has 0 aliphatic heterocycles. The Morgan fingerprint density at radius 3 is 2.57 bits per heavy atom. The number of nitrogen functional groups attached to an aromatic ring is 1. The fourth-order valence-corrected chi connectivity index (χ4v) is 5.00. The molecule has 0 saturated heterocycles. The van der Waals surface area contributed by atoms with Crippen LogP contribution < -0.4 is 10.5 Å². The lowest BCUT2D eigenvalue weighted by molar-refractivity contribution is 0.0207. The minimum Gasteiger partial charge on any atom is -0.489 e. The summed E-state index contributed by atoms with van der Waals surface area (Å²) in [5.41, 5.74) is 7.26. The Balaban J connectivity index is 1.71. The fourth-order valence-electron chi connectivity index (χ4n) is 3.56. The van der Waals surface area contributed by atoms with Crippen molar-refractivity contribution in [2.24, 2.45) is 0 Å². The molecule has 0 unspecified atom stereocenters. The molecule has 196 valence electrons. The lowest BCUT2D eigenvalue weighted by Gasteiger charge is -2.22. The summed E-state index contributed by atoms with van der Waals surface area (Å²) in [6.07, 6.45) is 2.46. The number of sulfone groups is 1. The maximum atomic E-state index is 14.7. The number of fused-ring (bicyclic) bond motifs is 1. The van der Waals surface area contributed by atoms with Gasteiger partial charge in [-0.1, -0.05) is 41.9 Å². The number of nitrogens with two attached hydrogens (primary N) is 1. The molecule has 1 atom stereocenters. The SMILES string of the molecule is C[C@@H](COc1cc2ncc(-c3cc(Cl)c(N)nc3F)n2cc1S(=O)(=O)C(C)(C)C)OCc1ccccc1. The maximum Gasteiger partial charge on any atom is 0.224 e. The van der Waals surface area contributed by atoms with Crippen LogP contribution in [0, 0.1) is 5.95 Å². The Hall–Kier alpha value is -3.21. The second kappa shape index (κ2) is 10.3. The standard InChI is InChI=1S/C26H28ClFN4O4S/c1-16(35-15-17-8-6-5-7-9-17)14-36-21-11-23-30-12-20(18-10-19(27)25(29)31-24(18)28)32(23)13-22(21)37(33,34)26(2,3)4/h5-13,16H,14-15H2,1-4H3,(H2,29,31)/t16-/m0/s1. The van der Waals surface area contributed by atoms with Crippen molar-refractivity contribution in [2.45, 2.75) is 50.0 Å². The van der Waals surface area contributed by atoms with Gasteiger partial charge in [0, 0.05) is 12.3 Å². The average molecular weight is 547 g/mol. The summed E-state index contributed by atoms with van der Waals surface area (Å²) < 4.78 is 53.9. The van der Waals surface area contributed by atoms with Crippen molar-refractivity contribution in [2.75, 3.05) is 12.3 Å². The van der Waals surface area contributed by atoms with E-state index < -0.39 is 20.5 Å². The minimum atomic E-state index is -3.87. The van der Waals surface area contributed by atoms with Crippen molar-refractivity contribution in [1.82, 2.24) is 14.4 Å². The van der Waals surface area contributed by atoms with Crippen LogP contribution in [0.3, 0.4) is 0 Å². The maximum absolute atomic E-state index is 14.7. The predicted molar refractivity (Wildman–Crippen MR) is 141 cm³/mol. The van der Waals surface area contributed by atoms with Crippen LogP contribution in [-0.2, 0) is 21.2 Å².